The van der Waals surface area contributed by atoms with Crippen LogP contribution in [0.1, 0.15) is 49.2 Å². The molecule has 3 rings (SSSR count). The van der Waals surface area contributed by atoms with Crippen LogP contribution in [0.2, 0.25) is 0 Å². The molecule has 0 bridgehead atoms. The van der Waals surface area contributed by atoms with Gasteiger partial charge in [0.25, 0.3) is 5.91 Å². The number of esters is 1. The SMILES string of the molecule is CCOC(=O)ON1CCC(Nc2nc(C(=O)OC(CC)C(=O)NC(C#N)Cc3ccccc3)cs2)CC1. The Balaban J connectivity index is 1.47. The van der Waals surface area contributed by atoms with Crippen molar-refractivity contribution in [2.24, 2.45) is 0 Å². The zero-order valence-electron chi connectivity index (χ0n) is 20.8. The minimum Gasteiger partial charge on any atom is -0.448 e. The highest BCUT2D eigenvalue weighted by molar-refractivity contribution is 7.13. The number of nitrogens with one attached hydrogen (secondary N) is 2. The maximum Gasteiger partial charge on any atom is 0.527 e. The number of hydrogen-bond donors (Lipinski definition) is 2. The van der Waals surface area contributed by atoms with Crippen LogP contribution in [-0.2, 0) is 25.5 Å². The van der Waals surface area contributed by atoms with Gasteiger partial charge in [-0.25, -0.2) is 14.6 Å². The zero-order valence-corrected chi connectivity index (χ0v) is 21.7. The predicted octanol–water partition coefficient (Wildman–Crippen LogP) is 3.29. The van der Waals surface area contributed by atoms with Crippen LogP contribution in [0.4, 0.5) is 9.93 Å². The van der Waals surface area contributed by atoms with Crippen LogP contribution in [0.5, 0.6) is 0 Å². The second kappa shape index (κ2) is 14.2. The van der Waals surface area contributed by atoms with Gasteiger partial charge in [0, 0.05) is 30.9 Å². The third-order valence-corrected chi connectivity index (χ3v) is 6.40. The van der Waals surface area contributed by atoms with Crippen LogP contribution in [0.15, 0.2) is 35.7 Å². The molecule has 1 aliphatic rings. The lowest BCUT2D eigenvalue weighted by Crippen LogP contribution is -2.43. The molecule has 198 valence electrons. The molecule has 11 nitrogen and oxygen atoms in total. The Kier molecular flexibility index (Phi) is 10.7. The van der Waals surface area contributed by atoms with Gasteiger partial charge in [-0.3, -0.25) is 4.79 Å². The van der Waals surface area contributed by atoms with Crippen LogP contribution in [-0.4, -0.2) is 66.0 Å². The van der Waals surface area contributed by atoms with Gasteiger partial charge in [0.1, 0.15) is 6.04 Å². The monoisotopic (exact) mass is 529 g/mol. The molecule has 2 atom stereocenters. The largest absolute Gasteiger partial charge is 0.527 e. The smallest absolute Gasteiger partial charge is 0.448 e. The third-order valence-electron chi connectivity index (χ3n) is 5.63. The number of carbonyl (C=O) groups excluding carboxylic acids is 3. The van der Waals surface area contributed by atoms with Crippen molar-refractivity contribution in [3.63, 3.8) is 0 Å². The topological polar surface area (TPSA) is 143 Å². The number of benzene rings is 1. The number of hydroxylamine groups is 2. The predicted molar refractivity (Wildman–Crippen MR) is 136 cm³/mol. The van der Waals surface area contributed by atoms with E-state index in [0.717, 1.165) is 5.56 Å². The number of piperidine rings is 1. The van der Waals surface area contributed by atoms with E-state index in [9.17, 15) is 19.6 Å². The highest BCUT2D eigenvalue weighted by Crippen LogP contribution is 2.21. The Bertz CT molecular complexity index is 1080. The molecular formula is C25H31N5O6S. The van der Waals surface area contributed by atoms with E-state index in [2.05, 4.69) is 21.7 Å². The molecule has 1 aromatic carbocycles. The van der Waals surface area contributed by atoms with Crippen molar-refractivity contribution in [2.75, 3.05) is 25.0 Å². The molecule has 2 N–H and O–H groups in total. The van der Waals surface area contributed by atoms with Crippen LogP contribution >= 0.6 is 11.3 Å². The lowest BCUT2D eigenvalue weighted by molar-refractivity contribution is -0.137. The average molecular weight is 530 g/mol. The highest BCUT2D eigenvalue weighted by atomic mass is 32.1. The molecule has 0 aliphatic carbocycles. The Morgan fingerprint density at radius 3 is 2.59 bits per heavy atom. The summed E-state index contributed by atoms with van der Waals surface area (Å²) < 4.78 is 10.2. The van der Waals surface area contributed by atoms with Crippen LogP contribution in [0.3, 0.4) is 0 Å². The van der Waals surface area contributed by atoms with Crippen molar-refractivity contribution >= 4 is 34.5 Å². The highest BCUT2D eigenvalue weighted by Gasteiger charge is 2.27. The van der Waals surface area contributed by atoms with Crippen molar-refractivity contribution in [1.29, 1.82) is 5.26 Å². The summed E-state index contributed by atoms with van der Waals surface area (Å²) >= 11 is 1.26. The number of thiazole rings is 1. The van der Waals surface area contributed by atoms with Crippen molar-refractivity contribution in [3.8, 4) is 6.07 Å². The van der Waals surface area contributed by atoms with Gasteiger partial charge in [0.15, 0.2) is 16.9 Å². The average Bonchev–Trinajstić information content (AvgIpc) is 3.37. The maximum absolute atomic E-state index is 12.7. The Hall–Kier alpha value is -3.69. The van der Waals surface area contributed by atoms with Crippen LogP contribution in [0, 0.1) is 11.3 Å². The van der Waals surface area contributed by atoms with Gasteiger partial charge in [-0.2, -0.15) is 5.26 Å². The number of nitriles is 1. The number of rotatable bonds is 11. The van der Waals surface area contributed by atoms with Gasteiger partial charge >= 0.3 is 12.1 Å². The number of amides is 1. The summed E-state index contributed by atoms with van der Waals surface area (Å²) in [5.74, 6) is -1.23. The summed E-state index contributed by atoms with van der Waals surface area (Å²) in [6, 6.07) is 10.8. The van der Waals surface area contributed by atoms with E-state index in [-0.39, 0.29) is 24.8 Å². The molecule has 2 heterocycles. The standard InChI is InChI=1S/C25H31N5O6S/c1-3-21(22(31)27-19(15-26)14-17-8-6-5-7-9-17)35-23(32)20-16-37-24(29-20)28-18-10-12-30(13-11-18)36-25(33)34-4-2/h5-9,16,18-19,21H,3-4,10-14H2,1-2H3,(H,27,31)(H,28,29). The molecule has 2 unspecified atom stereocenters. The van der Waals surface area contributed by atoms with E-state index in [1.165, 1.54) is 11.3 Å². The summed E-state index contributed by atoms with van der Waals surface area (Å²) in [6.07, 6.45) is 0.265. The first-order chi connectivity index (χ1) is 17.9. The Morgan fingerprint density at radius 1 is 1.22 bits per heavy atom. The van der Waals surface area contributed by atoms with Crippen molar-refractivity contribution in [1.82, 2.24) is 15.4 Å². The van der Waals surface area contributed by atoms with E-state index in [4.69, 9.17) is 14.3 Å². The normalized spacial score (nSPS) is 15.6. The fourth-order valence-corrected chi connectivity index (χ4v) is 4.46. The maximum atomic E-state index is 12.7. The van der Waals surface area contributed by atoms with E-state index in [0.29, 0.717) is 37.5 Å². The third kappa shape index (κ3) is 8.73. The second-order valence-electron chi connectivity index (χ2n) is 8.34. The van der Waals surface area contributed by atoms with Crippen molar-refractivity contribution < 1.29 is 28.7 Å². The first kappa shape index (κ1) is 27.9. The first-order valence-corrected chi connectivity index (χ1v) is 13.1. The van der Waals surface area contributed by atoms with Gasteiger partial charge in [-0.1, -0.05) is 37.3 Å². The molecule has 0 spiro atoms. The molecular weight excluding hydrogens is 498 g/mol. The molecule has 1 saturated heterocycles. The van der Waals surface area contributed by atoms with E-state index in [1.54, 1.807) is 24.3 Å². The number of ether oxygens (including phenoxy) is 2. The lowest BCUT2D eigenvalue weighted by atomic mass is 10.1. The molecule has 1 amide bonds. The quantitative estimate of drug-likeness (QED) is 0.416. The minimum atomic E-state index is -1.04. The molecule has 37 heavy (non-hydrogen) atoms. The van der Waals surface area contributed by atoms with Gasteiger partial charge in [-0.15, -0.1) is 16.4 Å². The van der Waals surface area contributed by atoms with Crippen molar-refractivity contribution in [2.45, 2.75) is 57.7 Å². The molecule has 1 fully saturated rings. The number of nitrogens with zero attached hydrogens (tertiary/aromatic N) is 3. The summed E-state index contributed by atoms with van der Waals surface area (Å²) in [7, 11) is 0. The van der Waals surface area contributed by atoms with Gasteiger partial charge < -0.3 is 24.9 Å². The van der Waals surface area contributed by atoms with Crippen molar-refractivity contribution in [3.05, 3.63) is 47.0 Å². The van der Waals surface area contributed by atoms with Gasteiger partial charge in [0.05, 0.1) is 12.7 Å². The number of aromatic nitrogens is 1. The second-order valence-corrected chi connectivity index (χ2v) is 9.20. The summed E-state index contributed by atoms with van der Waals surface area (Å²) in [4.78, 5) is 46.2. The van der Waals surface area contributed by atoms with E-state index >= 15 is 0 Å². The number of anilines is 1. The van der Waals surface area contributed by atoms with Gasteiger partial charge in [0.2, 0.25) is 0 Å². The van der Waals surface area contributed by atoms with Crippen LogP contribution < -0.4 is 10.6 Å². The van der Waals surface area contributed by atoms with Crippen LogP contribution in [0.25, 0.3) is 0 Å². The molecule has 1 aromatic heterocycles. The fraction of sp³-hybridized carbons (Fsp3) is 0.480. The molecule has 0 saturated carbocycles. The minimum absolute atomic E-state index is 0.0961. The lowest BCUT2D eigenvalue weighted by Gasteiger charge is -2.30. The van der Waals surface area contributed by atoms with Gasteiger partial charge in [-0.05, 0) is 31.7 Å². The van der Waals surface area contributed by atoms with E-state index in [1.807, 2.05) is 30.3 Å². The number of hydrogen-bond acceptors (Lipinski definition) is 11. The zero-order chi connectivity index (χ0) is 26.6. The molecule has 12 heteroatoms. The summed E-state index contributed by atoms with van der Waals surface area (Å²) in [5.41, 5.74) is 1.02. The summed E-state index contributed by atoms with van der Waals surface area (Å²) in [5, 5.41) is 19.1. The fourth-order valence-electron chi connectivity index (χ4n) is 3.70. The Labute approximate surface area is 219 Å². The molecule has 2 aromatic rings. The number of carbonyl (C=O) groups is 3. The molecule has 0 radical (unpaired) electrons. The molecule has 1 aliphatic heterocycles. The van der Waals surface area contributed by atoms with E-state index < -0.39 is 30.2 Å². The first-order valence-electron chi connectivity index (χ1n) is 12.2. The Morgan fingerprint density at radius 2 is 1.95 bits per heavy atom. The summed E-state index contributed by atoms with van der Waals surface area (Å²) in [6.45, 7) is 4.77.